The smallest absolute Gasteiger partial charge is 0.326 e. The third-order valence-electron chi connectivity index (χ3n) is 3.47. The first kappa shape index (κ1) is 19.3. The van der Waals surface area contributed by atoms with Crippen molar-refractivity contribution in [2.24, 2.45) is 0 Å². The molecule has 0 aliphatic carbocycles. The summed E-state index contributed by atoms with van der Waals surface area (Å²) in [6, 6.07) is 13.4. The Hall–Kier alpha value is -3.06. The molecule has 0 aliphatic heterocycles. The van der Waals surface area contributed by atoms with Gasteiger partial charge in [-0.25, -0.2) is 10.2 Å². The highest BCUT2D eigenvalue weighted by atomic mass is 35.5. The molecule has 0 atom stereocenters. The van der Waals surface area contributed by atoms with Crippen molar-refractivity contribution in [3.8, 4) is 0 Å². The minimum Gasteiger partial charge on any atom is -0.326 e. The molecule has 4 amide bonds. The van der Waals surface area contributed by atoms with Crippen LogP contribution in [0.4, 0.5) is 16.2 Å². The molecule has 0 spiro atoms. The van der Waals surface area contributed by atoms with Gasteiger partial charge in [0.05, 0.1) is 0 Å². The number of hydrogen-bond acceptors (Lipinski definition) is 3. The van der Waals surface area contributed by atoms with Crippen LogP contribution in [0.3, 0.4) is 0 Å². The Labute approximate surface area is 156 Å². The highest BCUT2D eigenvalue weighted by molar-refractivity contribution is 6.31. The summed E-state index contributed by atoms with van der Waals surface area (Å²) in [6.07, 6.45) is -0.100. The van der Waals surface area contributed by atoms with Crippen LogP contribution >= 0.6 is 11.6 Å². The van der Waals surface area contributed by atoms with E-state index in [4.69, 9.17) is 11.6 Å². The molecule has 0 unspecified atom stereocenters. The van der Waals surface area contributed by atoms with E-state index in [0.717, 1.165) is 5.56 Å². The van der Waals surface area contributed by atoms with Crippen molar-refractivity contribution in [3.05, 3.63) is 59.1 Å². The highest BCUT2D eigenvalue weighted by Crippen LogP contribution is 2.23. The quantitative estimate of drug-likeness (QED) is 0.604. The number of carbonyl (C=O) groups excluding carboxylic acids is 3. The molecule has 0 aliphatic rings. The predicted molar refractivity (Wildman–Crippen MR) is 101 cm³/mol. The number of carbonyl (C=O) groups is 3. The van der Waals surface area contributed by atoms with E-state index >= 15 is 0 Å². The molecular weight excluding hydrogens is 356 g/mol. The van der Waals surface area contributed by atoms with Crippen molar-refractivity contribution in [1.29, 1.82) is 0 Å². The number of amides is 4. The number of hydrazine groups is 1. The van der Waals surface area contributed by atoms with E-state index in [1.54, 1.807) is 49.4 Å². The molecule has 0 fully saturated rings. The van der Waals surface area contributed by atoms with Crippen LogP contribution in [0.2, 0.25) is 5.02 Å². The van der Waals surface area contributed by atoms with Gasteiger partial charge in [0.2, 0.25) is 11.8 Å². The summed E-state index contributed by atoms with van der Waals surface area (Å²) in [6.45, 7) is 1.79. The zero-order valence-corrected chi connectivity index (χ0v) is 14.9. The third-order valence-corrected chi connectivity index (χ3v) is 3.88. The Morgan fingerprint density at radius 2 is 1.54 bits per heavy atom. The van der Waals surface area contributed by atoms with Gasteiger partial charge in [0, 0.05) is 29.2 Å². The van der Waals surface area contributed by atoms with Crippen LogP contribution in [-0.2, 0) is 9.59 Å². The lowest BCUT2D eigenvalue weighted by atomic mass is 10.2. The first-order valence-corrected chi connectivity index (χ1v) is 8.29. The summed E-state index contributed by atoms with van der Waals surface area (Å²) >= 11 is 5.99. The first-order chi connectivity index (χ1) is 12.5. The topological polar surface area (TPSA) is 99.3 Å². The van der Waals surface area contributed by atoms with E-state index < -0.39 is 11.9 Å². The average Bonchev–Trinajstić information content (AvgIpc) is 2.63. The van der Waals surface area contributed by atoms with Gasteiger partial charge in [-0.1, -0.05) is 35.9 Å². The zero-order valence-electron chi connectivity index (χ0n) is 14.1. The SMILES string of the molecule is Cc1c(Cl)cccc1NC(=O)CCC(=O)NNC(=O)Nc1ccccc1. The van der Waals surface area contributed by atoms with Gasteiger partial charge in [0.1, 0.15) is 0 Å². The number of para-hydroxylation sites is 1. The molecule has 26 heavy (non-hydrogen) atoms. The molecule has 0 bridgehead atoms. The molecule has 7 nitrogen and oxygen atoms in total. The summed E-state index contributed by atoms with van der Waals surface area (Å²) in [5.41, 5.74) is 6.41. The standard InChI is InChI=1S/C18H19ClN4O3/c1-12-14(19)8-5-9-15(12)21-16(24)10-11-17(25)22-23-18(26)20-13-6-3-2-4-7-13/h2-9H,10-11H2,1H3,(H,21,24)(H,22,25)(H2,20,23,26). The van der Waals surface area contributed by atoms with Crippen molar-refractivity contribution >= 4 is 40.8 Å². The molecule has 0 saturated carbocycles. The van der Waals surface area contributed by atoms with Crippen molar-refractivity contribution in [2.45, 2.75) is 19.8 Å². The summed E-state index contributed by atoms with van der Waals surface area (Å²) in [5, 5.41) is 5.80. The number of benzene rings is 2. The van der Waals surface area contributed by atoms with Crippen LogP contribution in [0, 0.1) is 6.92 Å². The fourth-order valence-corrected chi connectivity index (χ4v) is 2.23. The Morgan fingerprint density at radius 1 is 0.846 bits per heavy atom. The molecule has 2 aromatic rings. The molecule has 4 N–H and O–H groups in total. The van der Waals surface area contributed by atoms with Gasteiger partial charge in [-0.05, 0) is 36.8 Å². The Balaban J connectivity index is 1.70. The summed E-state index contributed by atoms with van der Waals surface area (Å²) < 4.78 is 0. The van der Waals surface area contributed by atoms with Crippen molar-refractivity contribution in [2.75, 3.05) is 10.6 Å². The second-order valence-electron chi connectivity index (χ2n) is 5.45. The van der Waals surface area contributed by atoms with Crippen molar-refractivity contribution in [1.82, 2.24) is 10.9 Å². The fraction of sp³-hybridized carbons (Fsp3) is 0.167. The molecule has 0 heterocycles. The maximum absolute atomic E-state index is 11.9. The second kappa shape index (κ2) is 9.43. The monoisotopic (exact) mass is 374 g/mol. The average molecular weight is 375 g/mol. The lowest BCUT2D eigenvalue weighted by Crippen LogP contribution is -2.44. The van der Waals surface area contributed by atoms with E-state index in [2.05, 4.69) is 21.5 Å². The van der Waals surface area contributed by atoms with Gasteiger partial charge < -0.3 is 10.6 Å². The van der Waals surface area contributed by atoms with Crippen molar-refractivity contribution < 1.29 is 14.4 Å². The summed E-state index contributed by atoms with van der Waals surface area (Å²) in [7, 11) is 0. The predicted octanol–water partition coefficient (Wildman–Crippen LogP) is 3.22. The van der Waals surface area contributed by atoms with Gasteiger partial charge in [0.25, 0.3) is 0 Å². The molecule has 0 aromatic heterocycles. The van der Waals surface area contributed by atoms with E-state index in [9.17, 15) is 14.4 Å². The minimum atomic E-state index is -0.580. The van der Waals surface area contributed by atoms with Gasteiger partial charge in [0.15, 0.2) is 0 Å². The van der Waals surface area contributed by atoms with Crippen molar-refractivity contribution in [3.63, 3.8) is 0 Å². The van der Waals surface area contributed by atoms with Crippen LogP contribution in [0.1, 0.15) is 18.4 Å². The van der Waals surface area contributed by atoms with E-state index in [0.29, 0.717) is 16.4 Å². The fourth-order valence-electron chi connectivity index (χ4n) is 2.06. The van der Waals surface area contributed by atoms with Crippen LogP contribution in [0.25, 0.3) is 0 Å². The number of nitrogens with one attached hydrogen (secondary N) is 4. The van der Waals surface area contributed by atoms with Crippen LogP contribution in [-0.4, -0.2) is 17.8 Å². The van der Waals surface area contributed by atoms with Gasteiger partial charge in [-0.3, -0.25) is 15.0 Å². The molecule has 2 rings (SSSR count). The van der Waals surface area contributed by atoms with Crippen LogP contribution in [0.15, 0.2) is 48.5 Å². The lowest BCUT2D eigenvalue weighted by molar-refractivity contribution is -0.124. The van der Waals surface area contributed by atoms with Gasteiger partial charge in [-0.2, -0.15) is 0 Å². The molecule has 2 aromatic carbocycles. The normalized spacial score (nSPS) is 9.92. The maximum Gasteiger partial charge on any atom is 0.337 e. The molecule has 0 radical (unpaired) electrons. The van der Waals surface area contributed by atoms with Gasteiger partial charge in [-0.15, -0.1) is 0 Å². The maximum atomic E-state index is 11.9. The first-order valence-electron chi connectivity index (χ1n) is 7.91. The Morgan fingerprint density at radius 3 is 2.27 bits per heavy atom. The zero-order chi connectivity index (χ0) is 18.9. The van der Waals surface area contributed by atoms with E-state index in [1.807, 2.05) is 6.07 Å². The molecule has 8 heteroatoms. The number of anilines is 2. The van der Waals surface area contributed by atoms with E-state index in [-0.39, 0.29) is 18.7 Å². The second-order valence-corrected chi connectivity index (χ2v) is 5.86. The largest absolute Gasteiger partial charge is 0.337 e. The molecule has 136 valence electrons. The Bertz CT molecular complexity index is 796. The summed E-state index contributed by atoms with van der Waals surface area (Å²) in [4.78, 5) is 35.3. The van der Waals surface area contributed by atoms with E-state index in [1.165, 1.54) is 0 Å². The number of halogens is 1. The molecular formula is C18H19ClN4O3. The summed E-state index contributed by atoms with van der Waals surface area (Å²) in [5.74, 6) is -0.801. The Kier molecular flexibility index (Phi) is 6.99. The third kappa shape index (κ3) is 6.10. The van der Waals surface area contributed by atoms with Gasteiger partial charge >= 0.3 is 6.03 Å². The number of urea groups is 1. The number of hydrogen-bond donors (Lipinski definition) is 4. The minimum absolute atomic E-state index is 0.0280. The molecule has 0 saturated heterocycles. The van der Waals surface area contributed by atoms with Crippen LogP contribution < -0.4 is 21.5 Å². The lowest BCUT2D eigenvalue weighted by Gasteiger charge is -2.10. The van der Waals surface area contributed by atoms with Crippen LogP contribution in [0.5, 0.6) is 0 Å². The number of rotatable bonds is 5. The highest BCUT2D eigenvalue weighted by Gasteiger charge is 2.10.